The van der Waals surface area contributed by atoms with Crippen LogP contribution in [0.2, 0.25) is 0 Å². The summed E-state index contributed by atoms with van der Waals surface area (Å²) in [5, 5.41) is 0. The number of nitrogens with two attached hydrogens (primary N) is 1. The summed E-state index contributed by atoms with van der Waals surface area (Å²) >= 11 is 0. The molecule has 1 aromatic carbocycles. The third-order valence-corrected chi connectivity index (χ3v) is 2.43. The number of rotatable bonds is 5. The van der Waals surface area contributed by atoms with Crippen LogP contribution in [0.5, 0.6) is 11.5 Å². The van der Waals surface area contributed by atoms with Crippen LogP contribution in [0, 0.1) is 0 Å². The first-order valence-electron chi connectivity index (χ1n) is 5.21. The lowest BCUT2D eigenvalue weighted by Gasteiger charge is -2.17. The molecule has 0 amide bonds. The molecule has 0 aromatic heterocycles. The Labute approximate surface area is 103 Å². The monoisotopic (exact) mass is 245 g/mol. The van der Waals surface area contributed by atoms with Gasteiger partial charge in [-0.1, -0.05) is 25.5 Å². The van der Waals surface area contributed by atoms with E-state index in [1.54, 1.807) is 14.2 Å². The number of para-hydroxylation sites is 1. The molecule has 0 saturated carbocycles. The summed E-state index contributed by atoms with van der Waals surface area (Å²) < 4.78 is 10.6. The molecule has 16 heavy (non-hydrogen) atoms. The van der Waals surface area contributed by atoms with Crippen LogP contribution in [0.4, 0.5) is 0 Å². The van der Waals surface area contributed by atoms with Crippen molar-refractivity contribution in [1.82, 2.24) is 0 Å². The van der Waals surface area contributed by atoms with Crippen LogP contribution in [0.25, 0.3) is 0 Å². The third kappa shape index (κ3) is 3.29. The van der Waals surface area contributed by atoms with E-state index in [0.717, 1.165) is 29.9 Å². The van der Waals surface area contributed by atoms with Crippen molar-refractivity contribution in [2.75, 3.05) is 14.2 Å². The first kappa shape index (κ1) is 15.1. The van der Waals surface area contributed by atoms with Gasteiger partial charge in [-0.05, 0) is 12.5 Å². The van der Waals surface area contributed by atoms with Gasteiger partial charge in [0.25, 0.3) is 0 Å². The predicted octanol–water partition coefficient (Wildman–Crippen LogP) is 2.93. The summed E-state index contributed by atoms with van der Waals surface area (Å²) in [6.45, 7) is 2.12. The minimum absolute atomic E-state index is 0. The zero-order chi connectivity index (χ0) is 11.3. The van der Waals surface area contributed by atoms with E-state index in [0.29, 0.717) is 0 Å². The van der Waals surface area contributed by atoms with Gasteiger partial charge in [0.15, 0.2) is 11.5 Å². The van der Waals surface area contributed by atoms with Crippen molar-refractivity contribution in [2.24, 2.45) is 5.73 Å². The van der Waals surface area contributed by atoms with Gasteiger partial charge in [0.05, 0.1) is 14.2 Å². The standard InChI is InChI=1S/C12H19NO2.ClH/c1-4-6-10(13)9-7-5-8-11(14-2)12(9)15-3;/h5,7-8,10H,4,6,13H2,1-3H3;1H/t10-;/m0./s1. The molecule has 1 aromatic rings. The molecule has 0 bridgehead atoms. The molecule has 0 aliphatic carbocycles. The van der Waals surface area contributed by atoms with Crippen molar-refractivity contribution in [3.8, 4) is 11.5 Å². The summed E-state index contributed by atoms with van der Waals surface area (Å²) in [6, 6.07) is 5.81. The summed E-state index contributed by atoms with van der Waals surface area (Å²) in [5.74, 6) is 1.49. The quantitative estimate of drug-likeness (QED) is 0.868. The lowest BCUT2D eigenvalue weighted by Crippen LogP contribution is -2.11. The van der Waals surface area contributed by atoms with E-state index in [4.69, 9.17) is 15.2 Å². The molecule has 0 heterocycles. The van der Waals surface area contributed by atoms with Gasteiger partial charge < -0.3 is 15.2 Å². The van der Waals surface area contributed by atoms with Gasteiger partial charge in [0.1, 0.15) is 0 Å². The lowest BCUT2D eigenvalue weighted by atomic mass is 10.0. The smallest absolute Gasteiger partial charge is 0.165 e. The number of benzene rings is 1. The van der Waals surface area contributed by atoms with E-state index < -0.39 is 0 Å². The Morgan fingerprint density at radius 1 is 1.25 bits per heavy atom. The largest absolute Gasteiger partial charge is 0.493 e. The number of hydrogen-bond acceptors (Lipinski definition) is 3. The molecule has 4 heteroatoms. The van der Waals surface area contributed by atoms with Gasteiger partial charge in [0.2, 0.25) is 0 Å². The first-order valence-corrected chi connectivity index (χ1v) is 5.21. The van der Waals surface area contributed by atoms with Gasteiger partial charge in [-0.3, -0.25) is 0 Å². The lowest BCUT2D eigenvalue weighted by molar-refractivity contribution is 0.348. The van der Waals surface area contributed by atoms with E-state index in [9.17, 15) is 0 Å². The van der Waals surface area contributed by atoms with Crippen LogP contribution in [-0.2, 0) is 0 Å². The number of methoxy groups -OCH3 is 2. The Balaban J connectivity index is 0.00000225. The molecule has 0 radical (unpaired) electrons. The van der Waals surface area contributed by atoms with Crippen LogP contribution in [-0.4, -0.2) is 14.2 Å². The average molecular weight is 246 g/mol. The second-order valence-electron chi connectivity index (χ2n) is 3.48. The second kappa shape index (κ2) is 7.36. The predicted molar refractivity (Wildman–Crippen MR) is 68.6 cm³/mol. The fraction of sp³-hybridized carbons (Fsp3) is 0.500. The van der Waals surface area contributed by atoms with Crippen molar-refractivity contribution >= 4 is 12.4 Å². The Hall–Kier alpha value is -0.930. The van der Waals surface area contributed by atoms with Crippen LogP contribution in [0.1, 0.15) is 31.4 Å². The summed E-state index contributed by atoms with van der Waals surface area (Å²) in [4.78, 5) is 0. The van der Waals surface area contributed by atoms with Gasteiger partial charge in [-0.2, -0.15) is 0 Å². The van der Waals surface area contributed by atoms with E-state index in [2.05, 4.69) is 6.92 Å². The Morgan fingerprint density at radius 2 is 1.94 bits per heavy atom. The van der Waals surface area contributed by atoms with Crippen LogP contribution in [0.3, 0.4) is 0 Å². The Bertz CT molecular complexity index is 318. The Kier molecular flexibility index (Phi) is 6.93. The third-order valence-electron chi connectivity index (χ3n) is 2.43. The zero-order valence-electron chi connectivity index (χ0n) is 10.0. The fourth-order valence-electron chi connectivity index (χ4n) is 1.67. The second-order valence-corrected chi connectivity index (χ2v) is 3.48. The molecule has 0 spiro atoms. The van der Waals surface area contributed by atoms with Crippen molar-refractivity contribution in [3.63, 3.8) is 0 Å². The highest BCUT2D eigenvalue weighted by Crippen LogP contribution is 2.34. The number of hydrogen-bond donors (Lipinski definition) is 1. The molecule has 0 aliphatic rings. The molecular formula is C12H20ClNO2. The van der Waals surface area contributed by atoms with E-state index in [1.165, 1.54) is 0 Å². The SMILES string of the molecule is CCC[C@H](N)c1cccc(OC)c1OC.Cl. The summed E-state index contributed by atoms with van der Waals surface area (Å²) in [7, 11) is 3.27. The van der Waals surface area contributed by atoms with Crippen LogP contribution >= 0.6 is 12.4 Å². The van der Waals surface area contributed by atoms with Crippen molar-refractivity contribution < 1.29 is 9.47 Å². The Morgan fingerprint density at radius 3 is 2.44 bits per heavy atom. The maximum absolute atomic E-state index is 6.07. The van der Waals surface area contributed by atoms with E-state index >= 15 is 0 Å². The van der Waals surface area contributed by atoms with E-state index in [1.807, 2.05) is 18.2 Å². The van der Waals surface area contributed by atoms with Crippen molar-refractivity contribution in [3.05, 3.63) is 23.8 Å². The minimum atomic E-state index is 0. The molecule has 0 saturated heterocycles. The highest BCUT2D eigenvalue weighted by Gasteiger charge is 2.14. The van der Waals surface area contributed by atoms with Crippen molar-refractivity contribution in [1.29, 1.82) is 0 Å². The topological polar surface area (TPSA) is 44.5 Å². The molecule has 0 fully saturated rings. The highest BCUT2D eigenvalue weighted by atomic mass is 35.5. The molecule has 1 atom stereocenters. The van der Waals surface area contributed by atoms with Gasteiger partial charge >= 0.3 is 0 Å². The number of ether oxygens (including phenoxy) is 2. The molecule has 0 aliphatic heterocycles. The van der Waals surface area contributed by atoms with Crippen molar-refractivity contribution in [2.45, 2.75) is 25.8 Å². The fourth-order valence-corrected chi connectivity index (χ4v) is 1.67. The average Bonchev–Trinajstić information content (AvgIpc) is 2.28. The van der Waals surface area contributed by atoms with Crippen LogP contribution in [0.15, 0.2) is 18.2 Å². The van der Waals surface area contributed by atoms with E-state index in [-0.39, 0.29) is 18.4 Å². The molecule has 1 rings (SSSR count). The summed E-state index contributed by atoms with van der Waals surface area (Å²) in [6.07, 6.45) is 2.01. The van der Waals surface area contributed by atoms with Gasteiger partial charge in [-0.25, -0.2) is 0 Å². The normalized spacial score (nSPS) is 11.5. The molecule has 3 nitrogen and oxygen atoms in total. The maximum atomic E-state index is 6.07. The molecule has 0 unspecified atom stereocenters. The molecule has 92 valence electrons. The molecular weight excluding hydrogens is 226 g/mol. The van der Waals surface area contributed by atoms with Gasteiger partial charge in [0, 0.05) is 11.6 Å². The van der Waals surface area contributed by atoms with Crippen LogP contribution < -0.4 is 15.2 Å². The zero-order valence-corrected chi connectivity index (χ0v) is 10.8. The first-order chi connectivity index (χ1) is 7.24. The highest BCUT2D eigenvalue weighted by molar-refractivity contribution is 5.85. The minimum Gasteiger partial charge on any atom is -0.493 e. The molecule has 2 N–H and O–H groups in total. The summed E-state index contributed by atoms with van der Waals surface area (Å²) in [5.41, 5.74) is 7.08. The van der Waals surface area contributed by atoms with Gasteiger partial charge in [-0.15, -0.1) is 12.4 Å². The number of halogens is 1. The maximum Gasteiger partial charge on any atom is 0.165 e.